The fourth-order valence-electron chi connectivity index (χ4n) is 3.05. The first-order chi connectivity index (χ1) is 15.8. The number of hydrogen-bond acceptors (Lipinski definition) is 8. The van der Waals surface area contributed by atoms with E-state index in [-0.39, 0.29) is 28.7 Å². The van der Waals surface area contributed by atoms with E-state index in [2.05, 4.69) is 31.2 Å². The van der Waals surface area contributed by atoms with Crippen molar-refractivity contribution >= 4 is 35.1 Å². The van der Waals surface area contributed by atoms with Gasteiger partial charge in [-0.1, -0.05) is 6.92 Å². The van der Waals surface area contributed by atoms with Gasteiger partial charge in [0.1, 0.15) is 11.4 Å². The Balaban J connectivity index is 2.30. The zero-order chi connectivity index (χ0) is 25.6. The highest BCUT2D eigenvalue weighted by atomic mass is 19.1. The number of anilines is 4. The molecule has 0 spiro atoms. The number of carbonyl (C=O) groups is 2. The smallest absolute Gasteiger partial charge is 0.407 e. The van der Waals surface area contributed by atoms with Crippen molar-refractivity contribution in [2.45, 2.75) is 58.7 Å². The SMILES string of the molecule is CC[C@@H](Nc1nc(Nc2cnc(NC)c(F)c2)c(C(N)=O)cc1F)[C@H](C)NC(=O)OC(C)(C)C. The first-order valence-corrected chi connectivity index (χ1v) is 10.7. The second-order valence-corrected chi connectivity index (χ2v) is 8.60. The maximum absolute atomic E-state index is 14.8. The summed E-state index contributed by atoms with van der Waals surface area (Å²) < 4.78 is 34.1. The van der Waals surface area contributed by atoms with E-state index in [1.54, 1.807) is 27.7 Å². The van der Waals surface area contributed by atoms with E-state index in [0.717, 1.165) is 12.1 Å². The van der Waals surface area contributed by atoms with Crippen molar-refractivity contribution < 1.29 is 23.1 Å². The summed E-state index contributed by atoms with van der Waals surface area (Å²) >= 11 is 0. The number of alkyl carbamates (subject to hydrolysis) is 1. The molecule has 2 aromatic heterocycles. The Hall–Kier alpha value is -3.70. The molecule has 0 aliphatic heterocycles. The number of nitrogens with zero attached hydrogens (tertiary/aromatic N) is 2. The summed E-state index contributed by atoms with van der Waals surface area (Å²) in [4.78, 5) is 32.0. The third-order valence-corrected chi connectivity index (χ3v) is 4.69. The molecule has 12 heteroatoms. The number of hydrogen-bond donors (Lipinski definition) is 5. The summed E-state index contributed by atoms with van der Waals surface area (Å²) in [6.45, 7) is 8.81. The van der Waals surface area contributed by atoms with Gasteiger partial charge < -0.3 is 31.7 Å². The van der Waals surface area contributed by atoms with Crippen LogP contribution in [0.5, 0.6) is 0 Å². The molecule has 2 atom stereocenters. The van der Waals surface area contributed by atoms with E-state index in [4.69, 9.17) is 10.5 Å². The molecule has 6 N–H and O–H groups in total. The monoisotopic (exact) mass is 479 g/mol. The molecule has 0 saturated carbocycles. The summed E-state index contributed by atoms with van der Waals surface area (Å²) in [5, 5.41) is 11.0. The lowest BCUT2D eigenvalue weighted by Crippen LogP contribution is -2.46. The van der Waals surface area contributed by atoms with Crippen LogP contribution in [0, 0.1) is 11.6 Å². The maximum atomic E-state index is 14.8. The second kappa shape index (κ2) is 10.9. The van der Waals surface area contributed by atoms with Crippen molar-refractivity contribution in [1.82, 2.24) is 15.3 Å². The number of pyridine rings is 2. The number of aromatic nitrogens is 2. The molecule has 10 nitrogen and oxygen atoms in total. The summed E-state index contributed by atoms with van der Waals surface area (Å²) in [5.41, 5.74) is 4.66. The Labute approximate surface area is 197 Å². The van der Waals surface area contributed by atoms with Crippen LogP contribution in [-0.2, 0) is 4.74 Å². The van der Waals surface area contributed by atoms with Crippen LogP contribution >= 0.6 is 0 Å². The molecule has 0 aliphatic rings. The standard InChI is InChI=1S/C22H31F2N7O3/c1-7-16(11(2)28-21(33)34-22(3,4)5)30-20-15(24)9-13(17(25)32)18(31-20)29-12-8-14(23)19(26-6)27-10-12/h8-11,16H,7H2,1-6H3,(H2,25,32)(H,26,27)(H,28,33)(H2,29,30,31)/t11-,16+/m0/s1. The summed E-state index contributed by atoms with van der Waals surface area (Å²) in [5.74, 6) is -2.62. The van der Waals surface area contributed by atoms with E-state index < -0.39 is 41.3 Å². The van der Waals surface area contributed by atoms with E-state index in [1.165, 1.54) is 13.2 Å². The number of nitrogens with two attached hydrogens (primary N) is 1. The average Bonchev–Trinajstić information content (AvgIpc) is 2.72. The van der Waals surface area contributed by atoms with Gasteiger partial charge in [0, 0.05) is 25.2 Å². The molecule has 2 aromatic rings. The van der Waals surface area contributed by atoms with Crippen LogP contribution in [0.4, 0.5) is 36.7 Å². The lowest BCUT2D eigenvalue weighted by atomic mass is 10.1. The number of halogens is 2. The van der Waals surface area contributed by atoms with Crippen molar-refractivity contribution in [3.05, 3.63) is 35.5 Å². The third-order valence-electron chi connectivity index (χ3n) is 4.69. The Kier molecular flexibility index (Phi) is 8.55. The molecule has 0 unspecified atom stereocenters. The molecule has 0 fully saturated rings. The van der Waals surface area contributed by atoms with Gasteiger partial charge in [0.25, 0.3) is 5.91 Å². The van der Waals surface area contributed by atoms with Crippen molar-refractivity contribution in [3.8, 4) is 0 Å². The number of rotatable bonds is 9. The first-order valence-electron chi connectivity index (χ1n) is 10.7. The van der Waals surface area contributed by atoms with Crippen molar-refractivity contribution in [2.24, 2.45) is 5.73 Å². The molecule has 0 radical (unpaired) electrons. The number of nitrogens with one attached hydrogen (secondary N) is 4. The van der Waals surface area contributed by atoms with Gasteiger partial charge in [-0.2, -0.15) is 0 Å². The minimum atomic E-state index is -0.923. The van der Waals surface area contributed by atoms with Gasteiger partial charge in [0.15, 0.2) is 23.3 Å². The Morgan fingerprint density at radius 1 is 1.15 bits per heavy atom. The largest absolute Gasteiger partial charge is 0.444 e. The highest BCUT2D eigenvalue weighted by Gasteiger charge is 2.24. The Bertz CT molecular complexity index is 1040. The molecule has 0 bridgehead atoms. The first kappa shape index (κ1) is 26.6. The Morgan fingerprint density at radius 3 is 2.32 bits per heavy atom. The van der Waals surface area contributed by atoms with Crippen molar-refractivity contribution in [1.29, 1.82) is 0 Å². The zero-order valence-corrected chi connectivity index (χ0v) is 20.0. The molecule has 0 saturated heterocycles. The summed E-state index contributed by atoms with van der Waals surface area (Å²) in [6.07, 6.45) is 1.21. The molecule has 2 heterocycles. The van der Waals surface area contributed by atoms with Crippen LogP contribution in [0.25, 0.3) is 0 Å². The number of carbonyl (C=O) groups excluding carboxylic acids is 2. The molecule has 0 aromatic carbocycles. The number of ether oxygens (including phenoxy) is 1. The highest BCUT2D eigenvalue weighted by Crippen LogP contribution is 2.26. The van der Waals surface area contributed by atoms with Crippen molar-refractivity contribution in [2.75, 3.05) is 23.0 Å². The van der Waals surface area contributed by atoms with Crippen LogP contribution in [0.3, 0.4) is 0 Å². The van der Waals surface area contributed by atoms with Gasteiger partial charge in [0.2, 0.25) is 0 Å². The van der Waals surface area contributed by atoms with Gasteiger partial charge in [-0.15, -0.1) is 0 Å². The molecule has 34 heavy (non-hydrogen) atoms. The third kappa shape index (κ3) is 7.15. The van der Waals surface area contributed by atoms with Gasteiger partial charge in [-0.3, -0.25) is 4.79 Å². The summed E-state index contributed by atoms with van der Waals surface area (Å²) in [6, 6.07) is 1.19. The van der Waals surface area contributed by atoms with Crippen LogP contribution < -0.4 is 27.0 Å². The molecular weight excluding hydrogens is 448 g/mol. The topological polar surface area (TPSA) is 143 Å². The van der Waals surface area contributed by atoms with E-state index in [0.29, 0.717) is 6.42 Å². The summed E-state index contributed by atoms with van der Waals surface area (Å²) in [7, 11) is 1.52. The fraction of sp³-hybridized carbons (Fsp3) is 0.455. The predicted octanol–water partition coefficient (Wildman–Crippen LogP) is 3.74. The van der Waals surface area contributed by atoms with Gasteiger partial charge in [-0.05, 0) is 40.2 Å². The van der Waals surface area contributed by atoms with Crippen LogP contribution in [0.1, 0.15) is 51.4 Å². The van der Waals surface area contributed by atoms with Crippen LogP contribution in [-0.4, -0.2) is 46.7 Å². The van der Waals surface area contributed by atoms with Crippen LogP contribution in [0.15, 0.2) is 18.3 Å². The maximum Gasteiger partial charge on any atom is 0.407 e. The van der Waals surface area contributed by atoms with Gasteiger partial charge in [0.05, 0.1) is 17.4 Å². The van der Waals surface area contributed by atoms with Crippen LogP contribution in [0.2, 0.25) is 0 Å². The normalized spacial score (nSPS) is 12.9. The minimum Gasteiger partial charge on any atom is -0.444 e. The number of primary amides is 1. The fourth-order valence-corrected chi connectivity index (χ4v) is 3.05. The molecule has 2 rings (SSSR count). The highest BCUT2D eigenvalue weighted by molar-refractivity contribution is 5.98. The quantitative estimate of drug-likeness (QED) is 0.366. The lowest BCUT2D eigenvalue weighted by Gasteiger charge is -2.27. The zero-order valence-electron chi connectivity index (χ0n) is 20.0. The Morgan fingerprint density at radius 2 is 1.79 bits per heavy atom. The van der Waals surface area contributed by atoms with E-state index in [9.17, 15) is 18.4 Å². The molecular formula is C22H31F2N7O3. The van der Waals surface area contributed by atoms with Gasteiger partial charge >= 0.3 is 6.09 Å². The van der Waals surface area contributed by atoms with Crippen molar-refractivity contribution in [3.63, 3.8) is 0 Å². The van der Waals surface area contributed by atoms with Gasteiger partial charge in [-0.25, -0.2) is 23.5 Å². The minimum absolute atomic E-state index is 0.0346. The molecule has 186 valence electrons. The predicted molar refractivity (Wildman–Crippen MR) is 126 cm³/mol. The lowest BCUT2D eigenvalue weighted by molar-refractivity contribution is 0.0503. The number of amides is 2. The molecule has 0 aliphatic carbocycles. The van der Waals surface area contributed by atoms with E-state index in [1.807, 2.05) is 6.92 Å². The molecule has 2 amide bonds. The second-order valence-electron chi connectivity index (χ2n) is 8.60. The van der Waals surface area contributed by atoms with E-state index >= 15 is 0 Å². The average molecular weight is 480 g/mol.